The molecule has 4 rings (SSSR count). The van der Waals surface area contributed by atoms with Gasteiger partial charge in [0.15, 0.2) is 0 Å². The van der Waals surface area contributed by atoms with Crippen molar-refractivity contribution in [2.75, 3.05) is 10.8 Å². The molecule has 0 aliphatic heterocycles. The predicted molar refractivity (Wildman–Crippen MR) is 167 cm³/mol. The minimum absolute atomic E-state index is 0.0457. The van der Waals surface area contributed by atoms with Crippen LogP contribution in [0.4, 0.5) is 5.69 Å². The number of hydrogen-bond donors (Lipinski definition) is 1. The van der Waals surface area contributed by atoms with Crippen LogP contribution in [0.25, 0.3) is 0 Å². The van der Waals surface area contributed by atoms with Gasteiger partial charge in [-0.1, -0.05) is 89.2 Å². The number of amides is 2. The number of sulfonamides is 1. The van der Waals surface area contributed by atoms with Gasteiger partial charge < -0.3 is 10.2 Å². The summed E-state index contributed by atoms with van der Waals surface area (Å²) in [5.74, 6) is -0.781. The average molecular weight is 681 g/mol. The summed E-state index contributed by atoms with van der Waals surface area (Å²) in [5, 5.41) is 3.79. The summed E-state index contributed by atoms with van der Waals surface area (Å²) in [7, 11) is -4.13. The molecule has 218 valence electrons. The second-order valence-electron chi connectivity index (χ2n) is 9.99. The van der Waals surface area contributed by atoms with Crippen LogP contribution in [0.3, 0.4) is 0 Å². The van der Waals surface area contributed by atoms with E-state index in [1.807, 2.05) is 6.92 Å². The highest BCUT2D eigenvalue weighted by molar-refractivity contribution is 9.10. The molecule has 1 fully saturated rings. The maximum Gasteiger partial charge on any atom is 0.264 e. The maximum atomic E-state index is 14.2. The van der Waals surface area contributed by atoms with E-state index in [1.54, 1.807) is 60.7 Å². The summed E-state index contributed by atoms with van der Waals surface area (Å²) in [6.45, 7) is 1.37. The number of rotatable bonds is 11. The van der Waals surface area contributed by atoms with E-state index in [4.69, 9.17) is 23.2 Å². The normalized spacial score (nSPS) is 14.4. The van der Waals surface area contributed by atoms with Crippen molar-refractivity contribution in [1.82, 2.24) is 10.2 Å². The molecule has 11 heteroatoms. The van der Waals surface area contributed by atoms with Crippen LogP contribution in [0.1, 0.15) is 44.6 Å². The van der Waals surface area contributed by atoms with E-state index in [9.17, 15) is 18.0 Å². The Bertz CT molecular complexity index is 1480. The SMILES string of the molecule is CC[C@H](C(=O)NC1CCCC1)N(Cc1ccc(Cl)c(Cl)c1)C(=O)CN(c1cccc(Br)c1)S(=O)(=O)c1ccccc1. The summed E-state index contributed by atoms with van der Waals surface area (Å²) < 4.78 is 29.5. The van der Waals surface area contributed by atoms with Crippen molar-refractivity contribution in [1.29, 1.82) is 0 Å². The maximum absolute atomic E-state index is 14.2. The fourth-order valence-corrected chi connectivity index (χ4v) is 7.14. The minimum Gasteiger partial charge on any atom is -0.352 e. The van der Waals surface area contributed by atoms with E-state index in [0.717, 1.165) is 30.0 Å². The predicted octanol–water partition coefficient (Wildman–Crippen LogP) is 6.82. The first-order valence-corrected chi connectivity index (χ1v) is 16.5. The van der Waals surface area contributed by atoms with Gasteiger partial charge in [0.2, 0.25) is 11.8 Å². The van der Waals surface area contributed by atoms with Crippen molar-refractivity contribution < 1.29 is 18.0 Å². The Labute approximate surface area is 260 Å². The second-order valence-corrected chi connectivity index (χ2v) is 13.6. The highest BCUT2D eigenvalue weighted by Crippen LogP contribution is 2.28. The Kier molecular flexibility index (Phi) is 10.7. The van der Waals surface area contributed by atoms with Gasteiger partial charge in [0, 0.05) is 17.1 Å². The molecule has 0 unspecified atom stereocenters. The molecule has 1 atom stereocenters. The number of anilines is 1. The number of carbonyl (C=O) groups excluding carboxylic acids is 2. The molecule has 41 heavy (non-hydrogen) atoms. The van der Waals surface area contributed by atoms with Crippen LogP contribution in [0, 0.1) is 0 Å². The van der Waals surface area contributed by atoms with Gasteiger partial charge in [0.05, 0.1) is 20.6 Å². The highest BCUT2D eigenvalue weighted by atomic mass is 79.9. The lowest BCUT2D eigenvalue weighted by Gasteiger charge is -2.34. The summed E-state index contributed by atoms with van der Waals surface area (Å²) in [5.41, 5.74) is 0.981. The fraction of sp³-hybridized carbons (Fsp3) is 0.333. The Morgan fingerprint density at radius 3 is 2.32 bits per heavy atom. The highest BCUT2D eigenvalue weighted by Gasteiger charge is 2.34. The zero-order chi connectivity index (χ0) is 29.6. The van der Waals surface area contributed by atoms with Crippen molar-refractivity contribution in [2.24, 2.45) is 0 Å². The molecule has 0 aromatic heterocycles. The molecule has 0 spiro atoms. The molecule has 0 saturated heterocycles. The van der Waals surface area contributed by atoms with E-state index in [2.05, 4.69) is 21.2 Å². The van der Waals surface area contributed by atoms with Crippen LogP contribution in [-0.4, -0.2) is 43.8 Å². The van der Waals surface area contributed by atoms with Crippen LogP contribution in [0.2, 0.25) is 10.0 Å². The van der Waals surface area contributed by atoms with Crippen molar-refractivity contribution in [3.8, 4) is 0 Å². The van der Waals surface area contributed by atoms with E-state index in [-0.39, 0.29) is 23.4 Å². The molecule has 7 nitrogen and oxygen atoms in total. The standard InChI is InChI=1S/C30H32BrCl2N3O4S/c1-2-28(30(38)34-23-10-6-7-11-23)35(19-21-15-16-26(32)27(33)17-21)29(37)20-36(24-12-8-9-22(31)18-24)41(39,40)25-13-4-3-5-14-25/h3-5,8-9,12-18,23,28H,2,6-7,10-11,19-20H2,1H3,(H,34,38)/t28-/m1/s1. The quantitative estimate of drug-likeness (QED) is 0.241. The lowest BCUT2D eigenvalue weighted by Crippen LogP contribution is -2.53. The van der Waals surface area contributed by atoms with Gasteiger partial charge in [0.1, 0.15) is 12.6 Å². The van der Waals surface area contributed by atoms with E-state index in [1.165, 1.54) is 17.0 Å². The molecule has 1 aliphatic carbocycles. The lowest BCUT2D eigenvalue weighted by molar-refractivity contribution is -0.140. The molecule has 2 amide bonds. The molecule has 3 aromatic rings. The van der Waals surface area contributed by atoms with E-state index < -0.39 is 28.5 Å². The van der Waals surface area contributed by atoms with Gasteiger partial charge in [-0.25, -0.2) is 8.42 Å². The number of nitrogens with zero attached hydrogens (tertiary/aromatic N) is 2. The topological polar surface area (TPSA) is 86.8 Å². The van der Waals surface area contributed by atoms with Gasteiger partial charge >= 0.3 is 0 Å². The Morgan fingerprint density at radius 2 is 1.68 bits per heavy atom. The summed E-state index contributed by atoms with van der Waals surface area (Å²) in [6.07, 6.45) is 4.23. The summed E-state index contributed by atoms with van der Waals surface area (Å²) in [6, 6.07) is 19.0. The first-order chi connectivity index (χ1) is 19.6. The first kappa shape index (κ1) is 31.3. The third-order valence-electron chi connectivity index (χ3n) is 7.13. The molecule has 1 aliphatic rings. The van der Waals surface area contributed by atoms with Gasteiger partial charge in [-0.3, -0.25) is 13.9 Å². The number of benzene rings is 3. The lowest BCUT2D eigenvalue weighted by atomic mass is 10.1. The van der Waals surface area contributed by atoms with E-state index in [0.29, 0.717) is 32.2 Å². The summed E-state index contributed by atoms with van der Waals surface area (Å²) in [4.78, 5) is 29.2. The smallest absolute Gasteiger partial charge is 0.264 e. The van der Waals surface area contributed by atoms with Gasteiger partial charge in [-0.05, 0) is 67.3 Å². The number of nitrogens with one attached hydrogen (secondary N) is 1. The second kappa shape index (κ2) is 14.1. The van der Waals surface area contributed by atoms with E-state index >= 15 is 0 Å². The Balaban J connectivity index is 1.72. The van der Waals surface area contributed by atoms with Crippen LogP contribution in [0.5, 0.6) is 0 Å². The Hall–Kier alpha value is -2.59. The molecular weight excluding hydrogens is 649 g/mol. The van der Waals surface area contributed by atoms with Crippen LogP contribution in [-0.2, 0) is 26.2 Å². The van der Waals surface area contributed by atoms with Crippen LogP contribution in [0.15, 0.2) is 82.2 Å². The fourth-order valence-electron chi connectivity index (χ4n) is 5.00. The molecule has 3 aromatic carbocycles. The van der Waals surface area contributed by atoms with Gasteiger partial charge in [-0.2, -0.15) is 0 Å². The van der Waals surface area contributed by atoms with Crippen LogP contribution >= 0.6 is 39.1 Å². The van der Waals surface area contributed by atoms with Crippen molar-refractivity contribution in [3.63, 3.8) is 0 Å². The average Bonchev–Trinajstić information content (AvgIpc) is 3.46. The first-order valence-electron chi connectivity index (χ1n) is 13.5. The molecular formula is C30H32BrCl2N3O4S. The zero-order valence-corrected chi connectivity index (χ0v) is 26.5. The molecule has 0 radical (unpaired) electrons. The Morgan fingerprint density at radius 1 is 0.976 bits per heavy atom. The van der Waals surface area contributed by atoms with Crippen molar-refractivity contribution in [2.45, 2.75) is 62.6 Å². The minimum atomic E-state index is -4.13. The number of hydrogen-bond acceptors (Lipinski definition) is 4. The molecule has 1 saturated carbocycles. The molecule has 1 N–H and O–H groups in total. The third-order valence-corrected chi connectivity index (χ3v) is 10.2. The van der Waals surface area contributed by atoms with Gasteiger partial charge in [-0.15, -0.1) is 0 Å². The van der Waals surface area contributed by atoms with Crippen molar-refractivity contribution in [3.05, 3.63) is 92.9 Å². The zero-order valence-electron chi connectivity index (χ0n) is 22.6. The monoisotopic (exact) mass is 679 g/mol. The summed E-state index contributed by atoms with van der Waals surface area (Å²) >= 11 is 15.8. The van der Waals surface area contributed by atoms with Crippen LogP contribution < -0.4 is 9.62 Å². The molecule has 0 bridgehead atoms. The number of carbonyl (C=O) groups is 2. The third kappa shape index (κ3) is 7.83. The largest absolute Gasteiger partial charge is 0.352 e. The van der Waals surface area contributed by atoms with Crippen molar-refractivity contribution >= 4 is 66.7 Å². The van der Waals surface area contributed by atoms with Gasteiger partial charge in [0.25, 0.3) is 10.0 Å². The number of halogens is 3. The molecule has 0 heterocycles.